The lowest BCUT2D eigenvalue weighted by atomic mass is 10.0. The van der Waals surface area contributed by atoms with E-state index in [0.717, 1.165) is 30.3 Å². The fourth-order valence-corrected chi connectivity index (χ4v) is 4.39. The van der Waals surface area contributed by atoms with Gasteiger partial charge in [0.1, 0.15) is 0 Å². The molecule has 0 unspecified atom stereocenters. The molecular formula is C14H28N2OS. The summed E-state index contributed by atoms with van der Waals surface area (Å²) in [5.41, 5.74) is 0. The first-order chi connectivity index (χ1) is 8.63. The first-order valence-electron chi connectivity index (χ1n) is 7.47. The van der Waals surface area contributed by atoms with Crippen molar-refractivity contribution >= 4 is 10.8 Å². The number of hydrogen-bond acceptors (Lipinski definition) is 3. The fourth-order valence-electron chi connectivity index (χ4n) is 3.09. The summed E-state index contributed by atoms with van der Waals surface area (Å²) in [5, 5.41) is 3.79. The molecule has 0 aromatic carbocycles. The Morgan fingerprint density at radius 2 is 1.67 bits per heavy atom. The number of hydrogen-bond donors (Lipinski definition) is 1. The first kappa shape index (κ1) is 14.5. The molecule has 2 heterocycles. The van der Waals surface area contributed by atoms with E-state index >= 15 is 0 Å². The Kier molecular flexibility index (Phi) is 5.64. The minimum absolute atomic E-state index is 0.528. The van der Waals surface area contributed by atoms with Crippen LogP contribution in [-0.2, 0) is 10.8 Å². The fraction of sp³-hybridized carbons (Fsp3) is 1.00. The van der Waals surface area contributed by atoms with E-state index in [-0.39, 0.29) is 0 Å². The number of nitrogens with one attached hydrogen (secondary N) is 1. The van der Waals surface area contributed by atoms with Gasteiger partial charge in [0.2, 0.25) is 0 Å². The molecule has 2 saturated heterocycles. The van der Waals surface area contributed by atoms with E-state index in [1.165, 1.54) is 32.5 Å². The predicted octanol–water partition coefficient (Wildman–Crippen LogP) is 1.61. The Labute approximate surface area is 114 Å². The molecule has 2 aliphatic rings. The van der Waals surface area contributed by atoms with Crippen LogP contribution in [0.3, 0.4) is 0 Å². The SMILES string of the molecule is CC(C)CN1CCC(NC2CCS(=O)CC2)CC1. The summed E-state index contributed by atoms with van der Waals surface area (Å²) in [6.45, 7) is 8.33. The molecule has 3 nitrogen and oxygen atoms in total. The van der Waals surface area contributed by atoms with Gasteiger partial charge in [-0.3, -0.25) is 4.21 Å². The average molecular weight is 272 g/mol. The molecule has 2 rings (SSSR count). The molecule has 4 heteroatoms. The lowest BCUT2D eigenvalue weighted by molar-refractivity contribution is 0.173. The summed E-state index contributed by atoms with van der Waals surface area (Å²) in [4.78, 5) is 2.60. The maximum absolute atomic E-state index is 11.3. The highest BCUT2D eigenvalue weighted by molar-refractivity contribution is 7.85. The van der Waals surface area contributed by atoms with Gasteiger partial charge in [-0.05, 0) is 44.7 Å². The van der Waals surface area contributed by atoms with E-state index < -0.39 is 10.8 Å². The van der Waals surface area contributed by atoms with Crippen molar-refractivity contribution in [1.82, 2.24) is 10.2 Å². The van der Waals surface area contributed by atoms with Crippen molar-refractivity contribution in [3.63, 3.8) is 0 Å². The van der Waals surface area contributed by atoms with Crippen LogP contribution in [0, 0.1) is 5.92 Å². The van der Waals surface area contributed by atoms with Crippen molar-refractivity contribution in [1.29, 1.82) is 0 Å². The molecule has 0 atom stereocenters. The molecule has 0 amide bonds. The van der Waals surface area contributed by atoms with Gasteiger partial charge >= 0.3 is 0 Å². The Morgan fingerprint density at radius 1 is 1.11 bits per heavy atom. The number of rotatable bonds is 4. The van der Waals surface area contributed by atoms with Crippen LogP contribution in [0.4, 0.5) is 0 Å². The summed E-state index contributed by atoms with van der Waals surface area (Å²) in [5.74, 6) is 2.59. The van der Waals surface area contributed by atoms with E-state index in [2.05, 4.69) is 24.1 Å². The van der Waals surface area contributed by atoms with Crippen molar-refractivity contribution in [2.24, 2.45) is 5.92 Å². The van der Waals surface area contributed by atoms with Gasteiger partial charge in [-0.2, -0.15) is 0 Å². The molecule has 0 aromatic rings. The Balaban J connectivity index is 1.65. The molecule has 1 N–H and O–H groups in total. The second-order valence-corrected chi connectivity index (χ2v) is 7.95. The highest BCUT2D eigenvalue weighted by Crippen LogP contribution is 2.16. The van der Waals surface area contributed by atoms with Gasteiger partial charge in [-0.15, -0.1) is 0 Å². The maximum atomic E-state index is 11.3. The average Bonchev–Trinajstić information content (AvgIpc) is 2.34. The summed E-state index contributed by atoms with van der Waals surface area (Å²) >= 11 is 0. The van der Waals surface area contributed by atoms with Crippen LogP contribution in [0.25, 0.3) is 0 Å². The third-order valence-electron chi connectivity index (χ3n) is 4.07. The van der Waals surface area contributed by atoms with Crippen LogP contribution in [-0.4, -0.2) is 52.3 Å². The summed E-state index contributed by atoms with van der Waals surface area (Å²) in [7, 11) is -0.528. The minimum atomic E-state index is -0.528. The van der Waals surface area contributed by atoms with Crippen molar-refractivity contribution in [2.45, 2.75) is 51.6 Å². The van der Waals surface area contributed by atoms with Crippen molar-refractivity contribution < 1.29 is 4.21 Å². The van der Waals surface area contributed by atoms with Crippen LogP contribution >= 0.6 is 0 Å². The number of piperidine rings is 1. The zero-order chi connectivity index (χ0) is 13.0. The Bertz CT molecular complexity index is 265. The molecule has 0 bridgehead atoms. The highest BCUT2D eigenvalue weighted by atomic mass is 32.2. The van der Waals surface area contributed by atoms with Crippen molar-refractivity contribution in [3.8, 4) is 0 Å². The van der Waals surface area contributed by atoms with Gasteiger partial charge in [-0.25, -0.2) is 0 Å². The quantitative estimate of drug-likeness (QED) is 0.844. The number of likely N-dealkylation sites (tertiary alicyclic amines) is 1. The lowest BCUT2D eigenvalue weighted by Gasteiger charge is -2.36. The van der Waals surface area contributed by atoms with E-state index in [0.29, 0.717) is 12.1 Å². The second kappa shape index (κ2) is 7.01. The van der Waals surface area contributed by atoms with Gasteiger partial charge in [0.25, 0.3) is 0 Å². The van der Waals surface area contributed by atoms with Gasteiger partial charge in [0.15, 0.2) is 0 Å². The highest BCUT2D eigenvalue weighted by Gasteiger charge is 2.24. The monoisotopic (exact) mass is 272 g/mol. The molecule has 0 aromatic heterocycles. The van der Waals surface area contributed by atoms with Gasteiger partial charge in [-0.1, -0.05) is 13.8 Å². The largest absolute Gasteiger partial charge is 0.311 e. The summed E-state index contributed by atoms with van der Waals surface area (Å²) < 4.78 is 11.3. The molecule has 0 spiro atoms. The van der Waals surface area contributed by atoms with Crippen LogP contribution in [0.15, 0.2) is 0 Å². The van der Waals surface area contributed by atoms with Crippen LogP contribution in [0.5, 0.6) is 0 Å². The topological polar surface area (TPSA) is 32.3 Å². The molecule has 106 valence electrons. The molecule has 0 radical (unpaired) electrons. The van der Waals surface area contributed by atoms with E-state index in [4.69, 9.17) is 0 Å². The Hall–Kier alpha value is 0.0700. The van der Waals surface area contributed by atoms with Gasteiger partial charge in [0, 0.05) is 40.9 Å². The van der Waals surface area contributed by atoms with Crippen LogP contribution in [0.2, 0.25) is 0 Å². The standard InChI is InChI=1S/C14H28N2OS/c1-12(2)11-16-7-3-13(4-8-16)15-14-5-9-18(17)10-6-14/h12-15H,3-11H2,1-2H3. The predicted molar refractivity (Wildman–Crippen MR) is 78.3 cm³/mol. The normalized spacial score (nSPS) is 31.9. The van der Waals surface area contributed by atoms with Crippen molar-refractivity contribution in [3.05, 3.63) is 0 Å². The molecular weight excluding hydrogens is 244 g/mol. The van der Waals surface area contributed by atoms with Crippen LogP contribution < -0.4 is 5.32 Å². The van der Waals surface area contributed by atoms with Gasteiger partial charge < -0.3 is 10.2 Å². The molecule has 18 heavy (non-hydrogen) atoms. The first-order valence-corrected chi connectivity index (χ1v) is 8.95. The maximum Gasteiger partial charge on any atom is 0.0249 e. The third-order valence-corrected chi connectivity index (χ3v) is 5.45. The molecule has 2 fully saturated rings. The van der Waals surface area contributed by atoms with Gasteiger partial charge in [0.05, 0.1) is 0 Å². The Morgan fingerprint density at radius 3 is 2.22 bits per heavy atom. The third kappa shape index (κ3) is 4.63. The van der Waals surface area contributed by atoms with E-state index in [1.807, 2.05) is 0 Å². The smallest absolute Gasteiger partial charge is 0.0249 e. The lowest BCUT2D eigenvalue weighted by Crippen LogP contribution is -2.48. The van der Waals surface area contributed by atoms with Crippen LogP contribution in [0.1, 0.15) is 39.5 Å². The minimum Gasteiger partial charge on any atom is -0.311 e. The second-order valence-electron chi connectivity index (χ2n) is 6.26. The zero-order valence-corrected chi connectivity index (χ0v) is 12.7. The van der Waals surface area contributed by atoms with E-state index in [9.17, 15) is 4.21 Å². The van der Waals surface area contributed by atoms with E-state index in [1.54, 1.807) is 0 Å². The summed E-state index contributed by atoms with van der Waals surface area (Å²) in [6.07, 6.45) is 4.79. The van der Waals surface area contributed by atoms with Crippen molar-refractivity contribution in [2.75, 3.05) is 31.1 Å². The number of nitrogens with zero attached hydrogens (tertiary/aromatic N) is 1. The molecule has 0 aliphatic carbocycles. The summed E-state index contributed by atoms with van der Waals surface area (Å²) in [6, 6.07) is 1.33. The molecule has 2 aliphatic heterocycles. The molecule has 0 saturated carbocycles. The zero-order valence-electron chi connectivity index (χ0n) is 11.9.